The number of nitrogens with one attached hydrogen (secondary N) is 1. The first-order valence-corrected chi connectivity index (χ1v) is 5.95. The van der Waals surface area contributed by atoms with E-state index >= 15 is 0 Å². The number of aryl methyl sites for hydroxylation is 1. The standard InChI is InChI=1S/C14H17N3O/c1-2-12-5-3-4-6-13(12)18-10-11-7-8-14(17-15)16-9-11/h3-9H,2,10,15H2,1H3,(H,16,17). The summed E-state index contributed by atoms with van der Waals surface area (Å²) in [6.45, 7) is 2.63. The molecule has 1 heterocycles. The number of hydrogen-bond acceptors (Lipinski definition) is 4. The van der Waals surface area contributed by atoms with Gasteiger partial charge < -0.3 is 10.2 Å². The van der Waals surface area contributed by atoms with Crippen molar-refractivity contribution in [3.05, 3.63) is 53.7 Å². The van der Waals surface area contributed by atoms with E-state index < -0.39 is 0 Å². The molecule has 0 amide bonds. The van der Waals surface area contributed by atoms with Crippen molar-refractivity contribution >= 4 is 5.82 Å². The molecule has 0 unspecified atom stereocenters. The van der Waals surface area contributed by atoms with Gasteiger partial charge in [0.05, 0.1) is 0 Å². The van der Waals surface area contributed by atoms with Crippen molar-refractivity contribution in [1.82, 2.24) is 4.98 Å². The molecule has 0 aliphatic heterocycles. The van der Waals surface area contributed by atoms with Gasteiger partial charge in [0.15, 0.2) is 0 Å². The SMILES string of the molecule is CCc1ccccc1OCc1ccc(NN)nc1. The van der Waals surface area contributed by atoms with E-state index in [4.69, 9.17) is 10.6 Å². The quantitative estimate of drug-likeness (QED) is 0.625. The predicted molar refractivity (Wildman–Crippen MR) is 72.2 cm³/mol. The van der Waals surface area contributed by atoms with Crippen molar-refractivity contribution in [3.63, 3.8) is 0 Å². The molecule has 94 valence electrons. The second-order valence-corrected chi connectivity index (χ2v) is 3.95. The van der Waals surface area contributed by atoms with Crippen molar-refractivity contribution < 1.29 is 4.74 Å². The van der Waals surface area contributed by atoms with Gasteiger partial charge in [0.25, 0.3) is 0 Å². The number of pyridine rings is 1. The largest absolute Gasteiger partial charge is 0.489 e. The normalized spacial score (nSPS) is 10.1. The minimum atomic E-state index is 0.509. The van der Waals surface area contributed by atoms with Crippen molar-refractivity contribution in [3.8, 4) is 5.75 Å². The molecule has 0 aliphatic carbocycles. The van der Waals surface area contributed by atoms with E-state index in [-0.39, 0.29) is 0 Å². The number of benzene rings is 1. The third-order valence-electron chi connectivity index (χ3n) is 2.72. The number of anilines is 1. The molecule has 18 heavy (non-hydrogen) atoms. The zero-order valence-electron chi connectivity index (χ0n) is 10.4. The third-order valence-corrected chi connectivity index (χ3v) is 2.72. The van der Waals surface area contributed by atoms with Crippen LogP contribution in [-0.4, -0.2) is 4.98 Å². The van der Waals surface area contributed by atoms with E-state index in [1.807, 2.05) is 30.3 Å². The summed E-state index contributed by atoms with van der Waals surface area (Å²) in [6.07, 6.45) is 2.72. The maximum absolute atomic E-state index is 5.80. The summed E-state index contributed by atoms with van der Waals surface area (Å²) in [5, 5.41) is 0. The first-order chi connectivity index (χ1) is 8.83. The lowest BCUT2D eigenvalue weighted by Crippen LogP contribution is -2.08. The molecule has 0 bridgehead atoms. The minimum Gasteiger partial charge on any atom is -0.489 e. The molecule has 2 rings (SSSR count). The van der Waals surface area contributed by atoms with Crippen LogP contribution in [0.2, 0.25) is 0 Å². The Morgan fingerprint density at radius 3 is 2.72 bits per heavy atom. The van der Waals surface area contributed by atoms with E-state index in [1.54, 1.807) is 6.20 Å². The zero-order valence-corrected chi connectivity index (χ0v) is 10.4. The minimum absolute atomic E-state index is 0.509. The summed E-state index contributed by atoms with van der Waals surface area (Å²) >= 11 is 0. The fourth-order valence-corrected chi connectivity index (χ4v) is 1.69. The predicted octanol–water partition coefficient (Wildman–Crippen LogP) is 2.51. The van der Waals surface area contributed by atoms with E-state index in [2.05, 4.69) is 23.4 Å². The lowest BCUT2D eigenvalue weighted by atomic mass is 10.1. The van der Waals surface area contributed by atoms with E-state index in [0.717, 1.165) is 17.7 Å². The van der Waals surface area contributed by atoms with Crippen LogP contribution in [0.5, 0.6) is 5.75 Å². The average Bonchev–Trinajstić information content (AvgIpc) is 2.46. The van der Waals surface area contributed by atoms with Gasteiger partial charge in [-0.2, -0.15) is 0 Å². The van der Waals surface area contributed by atoms with Gasteiger partial charge in [-0.15, -0.1) is 0 Å². The number of hydrazine groups is 1. The van der Waals surface area contributed by atoms with Gasteiger partial charge in [0.2, 0.25) is 0 Å². The summed E-state index contributed by atoms with van der Waals surface area (Å²) in [5.41, 5.74) is 4.72. The Labute approximate surface area is 107 Å². The smallest absolute Gasteiger partial charge is 0.139 e. The lowest BCUT2D eigenvalue weighted by Gasteiger charge is -2.10. The van der Waals surface area contributed by atoms with Crippen LogP contribution in [0, 0.1) is 0 Å². The van der Waals surface area contributed by atoms with Gasteiger partial charge in [-0.1, -0.05) is 31.2 Å². The Morgan fingerprint density at radius 2 is 2.06 bits per heavy atom. The monoisotopic (exact) mass is 243 g/mol. The summed E-state index contributed by atoms with van der Waals surface area (Å²) < 4.78 is 5.80. The molecule has 0 fully saturated rings. The van der Waals surface area contributed by atoms with E-state index in [0.29, 0.717) is 12.4 Å². The Kier molecular flexibility index (Phi) is 4.15. The molecule has 3 N–H and O–H groups in total. The zero-order chi connectivity index (χ0) is 12.8. The molecule has 0 spiro atoms. The van der Waals surface area contributed by atoms with Gasteiger partial charge >= 0.3 is 0 Å². The second kappa shape index (κ2) is 6.02. The van der Waals surface area contributed by atoms with E-state index in [9.17, 15) is 0 Å². The fraction of sp³-hybridized carbons (Fsp3) is 0.214. The molecule has 0 saturated heterocycles. The molecule has 4 heteroatoms. The Morgan fingerprint density at radius 1 is 1.22 bits per heavy atom. The van der Waals surface area contributed by atoms with Crippen molar-refractivity contribution in [2.45, 2.75) is 20.0 Å². The Bertz CT molecular complexity index is 497. The van der Waals surface area contributed by atoms with Crippen molar-refractivity contribution in [1.29, 1.82) is 0 Å². The molecular formula is C14H17N3O. The van der Waals surface area contributed by atoms with Crippen LogP contribution >= 0.6 is 0 Å². The van der Waals surface area contributed by atoms with Crippen LogP contribution in [0.1, 0.15) is 18.1 Å². The molecule has 4 nitrogen and oxygen atoms in total. The Hall–Kier alpha value is -2.07. The van der Waals surface area contributed by atoms with Gasteiger partial charge in [-0.05, 0) is 24.1 Å². The second-order valence-electron chi connectivity index (χ2n) is 3.95. The summed E-state index contributed by atoms with van der Waals surface area (Å²) in [6, 6.07) is 11.8. The van der Waals surface area contributed by atoms with Crippen LogP contribution < -0.4 is 16.0 Å². The highest BCUT2D eigenvalue weighted by molar-refractivity contribution is 5.35. The average molecular weight is 243 g/mol. The molecule has 0 saturated carbocycles. The first-order valence-electron chi connectivity index (χ1n) is 5.95. The molecule has 2 aromatic rings. The lowest BCUT2D eigenvalue weighted by molar-refractivity contribution is 0.303. The van der Waals surface area contributed by atoms with Crippen LogP contribution in [-0.2, 0) is 13.0 Å². The summed E-state index contributed by atoms with van der Waals surface area (Å²) in [5.74, 6) is 6.84. The number of nitrogens with zero attached hydrogens (tertiary/aromatic N) is 1. The number of nitrogens with two attached hydrogens (primary N) is 1. The molecule has 1 aromatic heterocycles. The van der Waals surface area contributed by atoms with Crippen molar-refractivity contribution in [2.24, 2.45) is 5.84 Å². The fourth-order valence-electron chi connectivity index (χ4n) is 1.69. The number of rotatable bonds is 5. The maximum atomic E-state index is 5.80. The number of hydrogen-bond donors (Lipinski definition) is 2. The van der Waals surface area contributed by atoms with Crippen LogP contribution in [0.25, 0.3) is 0 Å². The van der Waals surface area contributed by atoms with Gasteiger partial charge in [-0.3, -0.25) is 0 Å². The highest BCUT2D eigenvalue weighted by Crippen LogP contribution is 2.19. The molecular weight excluding hydrogens is 226 g/mol. The first kappa shape index (κ1) is 12.4. The molecule has 1 aromatic carbocycles. The number of ether oxygens (including phenoxy) is 1. The van der Waals surface area contributed by atoms with Crippen LogP contribution in [0.4, 0.5) is 5.82 Å². The highest BCUT2D eigenvalue weighted by atomic mass is 16.5. The highest BCUT2D eigenvalue weighted by Gasteiger charge is 2.01. The summed E-state index contributed by atoms with van der Waals surface area (Å²) in [4.78, 5) is 4.14. The van der Waals surface area contributed by atoms with Crippen LogP contribution in [0.15, 0.2) is 42.6 Å². The van der Waals surface area contributed by atoms with E-state index in [1.165, 1.54) is 5.56 Å². The maximum Gasteiger partial charge on any atom is 0.139 e. The van der Waals surface area contributed by atoms with Crippen LogP contribution in [0.3, 0.4) is 0 Å². The molecule has 0 aliphatic rings. The number of nitrogen functional groups attached to an aromatic ring is 1. The van der Waals surface area contributed by atoms with Gasteiger partial charge in [-0.25, -0.2) is 10.8 Å². The molecule has 0 radical (unpaired) electrons. The summed E-state index contributed by atoms with van der Waals surface area (Å²) in [7, 11) is 0. The van der Waals surface area contributed by atoms with Gasteiger partial charge in [0, 0.05) is 11.8 Å². The topological polar surface area (TPSA) is 60.2 Å². The number of aromatic nitrogens is 1. The number of para-hydroxylation sites is 1. The van der Waals surface area contributed by atoms with Crippen molar-refractivity contribution in [2.75, 3.05) is 5.43 Å². The van der Waals surface area contributed by atoms with Gasteiger partial charge in [0.1, 0.15) is 18.2 Å². The third kappa shape index (κ3) is 2.99. The molecule has 0 atom stereocenters. The Balaban J connectivity index is 2.02.